The first-order chi connectivity index (χ1) is 15.8. The van der Waals surface area contributed by atoms with Crippen molar-refractivity contribution in [1.29, 1.82) is 0 Å². The number of rotatable bonds is 4. The highest BCUT2D eigenvalue weighted by Gasteiger charge is 2.40. The molecule has 7 heteroatoms. The molecule has 0 bridgehead atoms. The maximum Gasteiger partial charge on any atom is 0.336 e. The molecule has 0 saturated carbocycles. The molecule has 2 aliphatic rings. The van der Waals surface area contributed by atoms with Gasteiger partial charge in [0.25, 0.3) is 0 Å². The molecule has 2 saturated heterocycles. The molecule has 0 radical (unpaired) electrons. The first-order valence-electron chi connectivity index (χ1n) is 12.3. The molecule has 1 N–H and O–H groups in total. The highest BCUT2D eigenvalue weighted by Crippen LogP contribution is 2.34. The summed E-state index contributed by atoms with van der Waals surface area (Å²) in [6.07, 6.45) is -1.52. The van der Waals surface area contributed by atoms with Crippen molar-refractivity contribution in [3.63, 3.8) is 0 Å². The molecule has 2 aliphatic heterocycles. The van der Waals surface area contributed by atoms with Crippen molar-refractivity contribution in [2.24, 2.45) is 17.8 Å². The van der Waals surface area contributed by atoms with Gasteiger partial charge in [-0.2, -0.15) is 0 Å². The zero-order valence-electron chi connectivity index (χ0n) is 21.9. The number of ketones is 1. The van der Waals surface area contributed by atoms with Gasteiger partial charge < -0.3 is 24.2 Å². The maximum absolute atomic E-state index is 13.2. The van der Waals surface area contributed by atoms with Gasteiger partial charge in [0.15, 0.2) is 12.1 Å². The van der Waals surface area contributed by atoms with E-state index in [0.717, 1.165) is 12.0 Å². The summed E-state index contributed by atoms with van der Waals surface area (Å²) < 4.78 is 18.2. The highest BCUT2D eigenvalue weighted by atomic mass is 16.7. The number of carbonyl (C=O) groups excluding carboxylic acids is 2. The van der Waals surface area contributed by atoms with Crippen molar-refractivity contribution in [2.75, 3.05) is 14.1 Å². The molecule has 1 unspecified atom stereocenters. The summed E-state index contributed by atoms with van der Waals surface area (Å²) in [4.78, 5) is 28.3. The summed E-state index contributed by atoms with van der Waals surface area (Å²) in [5.74, 6) is -1.94. The third kappa shape index (κ3) is 6.25. The van der Waals surface area contributed by atoms with Crippen LogP contribution in [-0.4, -0.2) is 72.6 Å². The van der Waals surface area contributed by atoms with Crippen LogP contribution < -0.4 is 0 Å². The first kappa shape index (κ1) is 28.4. The minimum atomic E-state index is -1.09. The monoisotopic (exact) mass is 477 g/mol. The van der Waals surface area contributed by atoms with E-state index in [-0.39, 0.29) is 35.0 Å². The molecule has 2 heterocycles. The van der Waals surface area contributed by atoms with Gasteiger partial charge in [0.2, 0.25) is 0 Å². The number of aliphatic hydroxyl groups excluding tert-OH is 1. The lowest BCUT2D eigenvalue weighted by molar-refractivity contribution is -0.195. The van der Waals surface area contributed by atoms with Gasteiger partial charge in [0, 0.05) is 23.5 Å². The number of ether oxygens (including phenoxy) is 3. The Morgan fingerprint density at radius 1 is 1.06 bits per heavy atom. The lowest BCUT2D eigenvalue weighted by Crippen LogP contribution is -2.47. The Kier molecular flexibility index (Phi) is 9.83. The van der Waals surface area contributed by atoms with Crippen molar-refractivity contribution in [3.05, 3.63) is 36.5 Å². The lowest BCUT2D eigenvalue weighted by atomic mass is 9.81. The van der Waals surface area contributed by atoms with Crippen LogP contribution >= 0.6 is 0 Å². The predicted molar refractivity (Wildman–Crippen MR) is 132 cm³/mol. The van der Waals surface area contributed by atoms with Crippen molar-refractivity contribution in [3.8, 4) is 0 Å². The first-order valence-corrected chi connectivity index (χ1v) is 12.3. The molecular formula is C27H43NO6. The van der Waals surface area contributed by atoms with Crippen LogP contribution in [-0.2, 0) is 23.8 Å². The van der Waals surface area contributed by atoms with Gasteiger partial charge in [-0.15, -0.1) is 0 Å². The van der Waals surface area contributed by atoms with E-state index in [1.807, 2.05) is 41.8 Å². The predicted octanol–water partition coefficient (Wildman–Crippen LogP) is 3.67. The molecule has 0 aromatic rings. The summed E-state index contributed by atoms with van der Waals surface area (Å²) in [6.45, 7) is 21.4. The average Bonchev–Trinajstić information content (AvgIpc) is 2.79. The quantitative estimate of drug-likeness (QED) is 0.376. The minimum Gasteiger partial charge on any atom is -0.459 e. The second-order valence-corrected chi connectivity index (χ2v) is 10.3. The molecule has 34 heavy (non-hydrogen) atoms. The maximum atomic E-state index is 13.2. The average molecular weight is 478 g/mol. The highest BCUT2D eigenvalue weighted by molar-refractivity contribution is 5.97. The van der Waals surface area contributed by atoms with Gasteiger partial charge in [0.1, 0.15) is 6.10 Å². The molecule has 0 amide bonds. The number of cyclic esters (lactones) is 1. The summed E-state index contributed by atoms with van der Waals surface area (Å²) in [7, 11) is 3.97. The number of carbonyl (C=O) groups is 2. The van der Waals surface area contributed by atoms with Gasteiger partial charge >= 0.3 is 5.97 Å². The Morgan fingerprint density at radius 2 is 1.68 bits per heavy atom. The Morgan fingerprint density at radius 3 is 2.24 bits per heavy atom. The van der Waals surface area contributed by atoms with E-state index in [2.05, 4.69) is 24.6 Å². The lowest BCUT2D eigenvalue weighted by Gasteiger charge is -2.41. The SMILES string of the molecule is C=C1C(=O)[C@H](C)C[C@H](C)[C@H](O[C@@H]2O[C@H](C)C[C@H](N(C)C)C2=C)C(=C)C(=O)O[C@H](CC)[C@H](C)C1O. The zero-order chi connectivity index (χ0) is 25.9. The molecule has 0 spiro atoms. The van der Waals surface area contributed by atoms with Crippen LogP contribution in [0.5, 0.6) is 0 Å². The number of esters is 1. The van der Waals surface area contributed by atoms with Crippen LogP contribution in [0.1, 0.15) is 53.9 Å². The van der Waals surface area contributed by atoms with E-state index in [0.29, 0.717) is 12.8 Å². The third-order valence-electron chi connectivity index (χ3n) is 7.25. The van der Waals surface area contributed by atoms with E-state index in [1.165, 1.54) is 0 Å². The van der Waals surface area contributed by atoms with E-state index in [9.17, 15) is 14.7 Å². The standard InChI is InChI=1S/C27H43NO6/c1-11-22-18(6)24(30)19(7)23(29)14(2)12-15(3)25(20(8)26(31)33-22)34-27-17(5)21(28(9)10)13-16(4)32-27/h14-16,18,21-22,24-25,27,30H,5,7-8,11-13H2,1-4,6,9-10H3/t14-,15+,16-,18+,21+,22-,24?,25+,27+/m1/s1. The number of aliphatic hydroxyl groups is 1. The number of nitrogens with zero attached hydrogens (tertiary/aromatic N) is 1. The van der Waals surface area contributed by atoms with Gasteiger partial charge in [0.05, 0.1) is 23.9 Å². The molecule has 9 atom stereocenters. The fourth-order valence-corrected chi connectivity index (χ4v) is 4.99. The number of hydrogen-bond acceptors (Lipinski definition) is 7. The third-order valence-corrected chi connectivity index (χ3v) is 7.25. The summed E-state index contributed by atoms with van der Waals surface area (Å²) in [6, 6.07) is 0.0751. The van der Waals surface area contributed by atoms with Crippen molar-refractivity contribution < 1.29 is 28.9 Å². The van der Waals surface area contributed by atoms with E-state index in [1.54, 1.807) is 6.92 Å². The largest absolute Gasteiger partial charge is 0.459 e. The van der Waals surface area contributed by atoms with Crippen LogP contribution in [0.2, 0.25) is 0 Å². The van der Waals surface area contributed by atoms with Crippen molar-refractivity contribution in [2.45, 2.75) is 90.6 Å². The second-order valence-electron chi connectivity index (χ2n) is 10.3. The fraction of sp³-hybridized carbons (Fsp3) is 0.704. The number of likely N-dealkylation sites (N-methyl/N-ethyl adjacent to an activating group) is 1. The van der Waals surface area contributed by atoms with E-state index in [4.69, 9.17) is 14.2 Å². The second kappa shape index (κ2) is 11.8. The van der Waals surface area contributed by atoms with Gasteiger partial charge in [-0.3, -0.25) is 4.79 Å². The van der Waals surface area contributed by atoms with Crippen molar-refractivity contribution in [1.82, 2.24) is 4.90 Å². The molecule has 2 rings (SSSR count). The Hall–Kier alpha value is -1.80. The van der Waals surface area contributed by atoms with Gasteiger partial charge in [-0.05, 0) is 51.8 Å². The van der Waals surface area contributed by atoms with Gasteiger partial charge in [-0.1, -0.05) is 47.4 Å². The molecule has 7 nitrogen and oxygen atoms in total. The summed E-state index contributed by atoms with van der Waals surface area (Å²) in [5.41, 5.74) is 1.09. The Bertz CT molecular complexity index is 805. The van der Waals surface area contributed by atoms with E-state index >= 15 is 0 Å². The van der Waals surface area contributed by atoms with Gasteiger partial charge in [-0.25, -0.2) is 4.79 Å². The van der Waals surface area contributed by atoms with Crippen LogP contribution in [0.25, 0.3) is 0 Å². The van der Waals surface area contributed by atoms with Crippen LogP contribution in [0.4, 0.5) is 0 Å². The molecule has 0 aliphatic carbocycles. The van der Waals surface area contributed by atoms with Crippen LogP contribution in [0.15, 0.2) is 36.5 Å². The molecular weight excluding hydrogens is 434 g/mol. The number of hydrogen-bond donors (Lipinski definition) is 1. The molecule has 2 fully saturated rings. The zero-order valence-corrected chi connectivity index (χ0v) is 21.9. The van der Waals surface area contributed by atoms with Crippen LogP contribution in [0, 0.1) is 17.8 Å². The van der Waals surface area contributed by atoms with Crippen LogP contribution in [0.3, 0.4) is 0 Å². The smallest absolute Gasteiger partial charge is 0.336 e. The minimum absolute atomic E-state index is 0.0553. The van der Waals surface area contributed by atoms with E-state index < -0.39 is 42.4 Å². The fourth-order valence-electron chi connectivity index (χ4n) is 4.99. The normalized spacial score (nSPS) is 39.0. The number of Topliss-reactive ketones (excluding diaryl/α,β-unsaturated/α-hetero) is 1. The Balaban J connectivity index is 2.39. The summed E-state index contributed by atoms with van der Waals surface area (Å²) >= 11 is 0. The van der Waals surface area contributed by atoms with Crippen molar-refractivity contribution >= 4 is 11.8 Å². The molecule has 0 aromatic heterocycles. The topological polar surface area (TPSA) is 85.3 Å². The Labute approximate surface area is 204 Å². The summed E-state index contributed by atoms with van der Waals surface area (Å²) in [5, 5.41) is 10.7. The molecule has 0 aromatic carbocycles. The molecule has 192 valence electrons.